The van der Waals surface area contributed by atoms with E-state index < -0.39 is 17.8 Å². The Bertz CT molecular complexity index is 1450. The molecule has 0 unspecified atom stereocenters. The van der Waals surface area contributed by atoms with Crippen LogP contribution in [-0.4, -0.2) is 37.2 Å². The normalized spacial score (nSPS) is 10.6. The lowest BCUT2D eigenvalue weighted by Gasteiger charge is -2.16. The van der Waals surface area contributed by atoms with Crippen LogP contribution in [0.2, 0.25) is 0 Å². The summed E-state index contributed by atoms with van der Waals surface area (Å²) >= 11 is 0. The summed E-state index contributed by atoms with van der Waals surface area (Å²) in [5, 5.41) is 21.4. The van der Waals surface area contributed by atoms with Gasteiger partial charge in [0.15, 0.2) is 11.5 Å². The fourth-order valence-corrected chi connectivity index (χ4v) is 3.61. The van der Waals surface area contributed by atoms with Gasteiger partial charge < -0.3 is 24.6 Å². The minimum absolute atomic E-state index is 0.147. The van der Waals surface area contributed by atoms with E-state index in [1.54, 1.807) is 30.3 Å². The van der Waals surface area contributed by atoms with E-state index in [0.29, 0.717) is 40.3 Å². The van der Waals surface area contributed by atoms with Crippen LogP contribution in [-0.2, 0) is 22.6 Å². The van der Waals surface area contributed by atoms with Crippen LogP contribution in [0.1, 0.15) is 37.4 Å². The van der Waals surface area contributed by atoms with E-state index in [-0.39, 0.29) is 17.7 Å². The first kappa shape index (κ1) is 28.2. The number of amides is 1. The van der Waals surface area contributed by atoms with Gasteiger partial charge in [0.2, 0.25) is 0 Å². The fourth-order valence-electron chi connectivity index (χ4n) is 3.61. The summed E-state index contributed by atoms with van der Waals surface area (Å²) in [7, 11) is 2.75. The van der Waals surface area contributed by atoms with Crippen LogP contribution in [0.25, 0.3) is 6.08 Å². The molecule has 0 saturated carbocycles. The highest BCUT2D eigenvalue weighted by atomic mass is 16.5. The van der Waals surface area contributed by atoms with E-state index >= 15 is 0 Å². The molecule has 9 heteroatoms. The van der Waals surface area contributed by atoms with E-state index in [9.17, 15) is 19.6 Å². The number of nitrogens with zero attached hydrogens (tertiary/aromatic N) is 1. The summed E-state index contributed by atoms with van der Waals surface area (Å²) in [6.45, 7) is 3.95. The second-order valence-corrected chi connectivity index (χ2v) is 8.19. The van der Waals surface area contributed by atoms with Gasteiger partial charge in [-0.05, 0) is 72.2 Å². The predicted molar refractivity (Wildman–Crippen MR) is 145 cm³/mol. The highest BCUT2D eigenvalue weighted by molar-refractivity contribution is 6.09. The molecule has 0 aromatic heterocycles. The third-order valence-electron chi connectivity index (χ3n) is 5.56. The highest BCUT2D eigenvalue weighted by Crippen LogP contribution is 2.35. The molecule has 0 aliphatic heterocycles. The maximum absolute atomic E-state index is 12.8. The second kappa shape index (κ2) is 13.3. The molecule has 3 rings (SSSR count). The Morgan fingerprint density at radius 1 is 1.03 bits per heavy atom. The van der Waals surface area contributed by atoms with E-state index in [2.05, 4.69) is 16.6 Å². The van der Waals surface area contributed by atoms with Crippen molar-refractivity contribution in [2.45, 2.75) is 13.0 Å². The van der Waals surface area contributed by atoms with Gasteiger partial charge in [0.25, 0.3) is 5.91 Å². The van der Waals surface area contributed by atoms with Crippen molar-refractivity contribution in [3.05, 3.63) is 107 Å². The number of aromatic carboxylic acids is 1. The number of hydrogen-bond acceptors (Lipinski definition) is 7. The van der Waals surface area contributed by atoms with Crippen LogP contribution < -0.4 is 14.8 Å². The van der Waals surface area contributed by atoms with Gasteiger partial charge in [0, 0.05) is 11.3 Å². The number of nitrogens with one attached hydrogen (secondary N) is 1. The van der Waals surface area contributed by atoms with Gasteiger partial charge in [-0.1, -0.05) is 18.2 Å². The Balaban J connectivity index is 1.84. The quantitative estimate of drug-likeness (QED) is 0.154. The first-order chi connectivity index (χ1) is 18.8. The Kier molecular flexibility index (Phi) is 9.59. The van der Waals surface area contributed by atoms with Crippen molar-refractivity contribution in [1.82, 2.24) is 0 Å². The number of allylic oxidation sites excluding steroid dienone is 1. The molecule has 198 valence electrons. The topological polar surface area (TPSA) is 135 Å². The van der Waals surface area contributed by atoms with Crippen molar-refractivity contribution in [2.24, 2.45) is 0 Å². The summed E-state index contributed by atoms with van der Waals surface area (Å²) in [4.78, 5) is 35.5. The zero-order valence-corrected chi connectivity index (χ0v) is 21.4. The molecule has 0 spiro atoms. The van der Waals surface area contributed by atoms with Crippen LogP contribution in [0.4, 0.5) is 5.69 Å². The summed E-state index contributed by atoms with van der Waals surface area (Å²) in [5.41, 5.74) is 2.77. The number of carboxylic acid groups (broad SMARTS) is 1. The number of carbonyl (C=O) groups excluding carboxylic acids is 2. The molecule has 0 aliphatic rings. The molecule has 0 aliphatic carbocycles. The van der Waals surface area contributed by atoms with Gasteiger partial charge in [-0.25, -0.2) is 9.59 Å². The minimum Gasteiger partial charge on any atom is -0.493 e. The number of esters is 1. The molecular weight excluding hydrogens is 500 g/mol. The van der Waals surface area contributed by atoms with Crippen molar-refractivity contribution >= 4 is 29.6 Å². The molecular formula is C30H26N2O7. The molecule has 0 bridgehead atoms. The molecule has 3 aromatic carbocycles. The number of methoxy groups -OCH3 is 2. The first-order valence-electron chi connectivity index (χ1n) is 11.7. The number of ether oxygens (including phenoxy) is 3. The van der Waals surface area contributed by atoms with Crippen molar-refractivity contribution in [2.75, 3.05) is 19.5 Å². The Labute approximate surface area is 225 Å². The summed E-state index contributed by atoms with van der Waals surface area (Å²) in [6.07, 6.45) is 3.54. The average Bonchev–Trinajstić information content (AvgIpc) is 2.95. The van der Waals surface area contributed by atoms with Crippen LogP contribution in [0, 0.1) is 11.3 Å². The molecule has 2 N–H and O–H groups in total. The molecule has 9 nitrogen and oxygen atoms in total. The second-order valence-electron chi connectivity index (χ2n) is 8.19. The molecule has 1 amide bonds. The van der Waals surface area contributed by atoms with Gasteiger partial charge in [-0.15, -0.1) is 6.58 Å². The Morgan fingerprint density at radius 2 is 1.69 bits per heavy atom. The molecule has 0 radical (unpaired) electrons. The smallest absolute Gasteiger partial charge is 0.337 e. The Morgan fingerprint density at radius 3 is 2.26 bits per heavy atom. The zero-order valence-electron chi connectivity index (χ0n) is 21.4. The van der Waals surface area contributed by atoms with Crippen molar-refractivity contribution in [3.8, 4) is 17.6 Å². The number of anilines is 1. The SMILES string of the molecule is C=CCc1cc(/C=C(\C#N)C(=O)Nc2ccc(C(=O)OC)cc2)cc(OC)c1OCc1ccc(C(=O)O)cc1. The van der Waals surface area contributed by atoms with Gasteiger partial charge in [-0.3, -0.25) is 4.79 Å². The maximum atomic E-state index is 12.8. The first-order valence-corrected chi connectivity index (χ1v) is 11.7. The lowest BCUT2D eigenvalue weighted by Crippen LogP contribution is -2.13. The van der Waals surface area contributed by atoms with E-state index in [1.807, 2.05) is 6.07 Å². The lowest BCUT2D eigenvalue weighted by molar-refractivity contribution is -0.112. The maximum Gasteiger partial charge on any atom is 0.337 e. The van der Waals surface area contributed by atoms with Crippen LogP contribution in [0.15, 0.2) is 78.9 Å². The number of hydrogen-bond donors (Lipinski definition) is 2. The van der Waals surface area contributed by atoms with Gasteiger partial charge in [0.05, 0.1) is 25.3 Å². The predicted octanol–water partition coefficient (Wildman–Crippen LogP) is 5.03. The number of benzene rings is 3. The molecule has 0 saturated heterocycles. The molecule has 3 aromatic rings. The minimum atomic E-state index is -1.01. The number of carboxylic acids is 1. The molecule has 0 fully saturated rings. The summed E-state index contributed by atoms with van der Waals surface area (Å²) in [5.74, 6) is -1.29. The third-order valence-corrected chi connectivity index (χ3v) is 5.56. The van der Waals surface area contributed by atoms with Crippen molar-refractivity contribution in [3.63, 3.8) is 0 Å². The number of rotatable bonds is 11. The molecule has 39 heavy (non-hydrogen) atoms. The van der Waals surface area contributed by atoms with E-state index in [0.717, 1.165) is 5.56 Å². The van der Waals surface area contributed by atoms with Gasteiger partial charge in [0.1, 0.15) is 18.2 Å². The molecule has 0 atom stereocenters. The summed E-state index contributed by atoms with van der Waals surface area (Å²) < 4.78 is 16.2. The van der Waals surface area contributed by atoms with E-state index in [4.69, 9.17) is 14.6 Å². The summed E-state index contributed by atoms with van der Waals surface area (Å²) in [6, 6.07) is 17.7. The Hall–Kier alpha value is -5.36. The monoisotopic (exact) mass is 526 g/mol. The van der Waals surface area contributed by atoms with Crippen LogP contribution in [0.5, 0.6) is 11.5 Å². The highest BCUT2D eigenvalue weighted by Gasteiger charge is 2.16. The molecule has 0 heterocycles. The van der Waals surface area contributed by atoms with Gasteiger partial charge in [-0.2, -0.15) is 5.26 Å². The zero-order chi connectivity index (χ0) is 28.4. The standard InChI is InChI=1S/C30H26N2O7/c1-4-5-23-14-20(15-24(17-31)28(33)32-25-12-10-22(11-13-25)30(36)38-3)16-26(37-2)27(23)39-18-19-6-8-21(9-7-19)29(34)35/h4,6-16H,1,5,18H2,2-3H3,(H,32,33)(H,34,35)/b24-15+. The lowest BCUT2D eigenvalue weighted by atomic mass is 10.0. The van der Waals surface area contributed by atoms with E-state index in [1.165, 1.54) is 56.7 Å². The van der Waals surface area contributed by atoms with Crippen LogP contribution >= 0.6 is 0 Å². The van der Waals surface area contributed by atoms with Crippen LogP contribution in [0.3, 0.4) is 0 Å². The van der Waals surface area contributed by atoms with Crippen molar-refractivity contribution in [1.29, 1.82) is 5.26 Å². The number of nitriles is 1. The van der Waals surface area contributed by atoms with Crippen molar-refractivity contribution < 1.29 is 33.7 Å². The van der Waals surface area contributed by atoms with Gasteiger partial charge >= 0.3 is 11.9 Å². The third kappa shape index (κ3) is 7.33. The average molecular weight is 527 g/mol. The number of carbonyl (C=O) groups is 3. The fraction of sp³-hybridized carbons (Fsp3) is 0.133. The largest absolute Gasteiger partial charge is 0.493 e.